The second-order valence-electron chi connectivity index (χ2n) is 0. The SMILES string of the molecule is [Al+3].[O-2].[Sc+3].[Y+3]. The summed E-state index contributed by atoms with van der Waals surface area (Å²) in [4.78, 5) is 0. The Hall–Kier alpha value is 2.47. The minimum Gasteiger partial charge on any atom is -2.00 e. The van der Waals surface area contributed by atoms with E-state index in [1.165, 1.54) is 0 Å². The van der Waals surface area contributed by atoms with Crippen molar-refractivity contribution >= 4 is 17.4 Å². The van der Waals surface area contributed by atoms with Crippen molar-refractivity contribution in [1.29, 1.82) is 0 Å². The molecule has 0 aliphatic rings. The monoisotopic (exact) mass is 177 g/mol. The normalized spacial score (nSPS) is 0. The summed E-state index contributed by atoms with van der Waals surface area (Å²) in [7, 11) is 0. The largest absolute Gasteiger partial charge is 3.00 e. The Balaban J connectivity index is 0. The van der Waals surface area contributed by atoms with Crippen molar-refractivity contribution in [1.82, 2.24) is 0 Å². The van der Waals surface area contributed by atoms with Crippen LogP contribution in [0.2, 0.25) is 0 Å². The average molecular weight is 177 g/mol. The summed E-state index contributed by atoms with van der Waals surface area (Å²) in [5, 5.41) is 0. The third-order valence-corrected chi connectivity index (χ3v) is 0. The van der Waals surface area contributed by atoms with Gasteiger partial charge in [-0.25, -0.2) is 0 Å². The van der Waals surface area contributed by atoms with Crippen LogP contribution in [-0.4, -0.2) is 17.4 Å². The molecule has 0 aromatic carbocycles. The first-order chi connectivity index (χ1) is 0. The van der Waals surface area contributed by atoms with Gasteiger partial charge in [-0.15, -0.1) is 0 Å². The van der Waals surface area contributed by atoms with Crippen molar-refractivity contribution in [3.8, 4) is 0 Å². The smallest absolute Gasteiger partial charge is 2.00 e. The zero-order valence-electron chi connectivity index (χ0n) is 2.14. The van der Waals surface area contributed by atoms with E-state index in [4.69, 9.17) is 0 Å². The molecule has 1 nitrogen and oxygen atoms in total. The van der Waals surface area contributed by atoms with Crippen LogP contribution in [0.5, 0.6) is 0 Å². The van der Waals surface area contributed by atoms with Gasteiger partial charge in [0.05, 0.1) is 0 Å². The van der Waals surface area contributed by atoms with Crippen LogP contribution in [0.4, 0.5) is 0 Å². The molecular weight excluding hydrogens is 177 g/mol. The first-order valence-corrected chi connectivity index (χ1v) is 0. The molecule has 0 bridgehead atoms. The van der Waals surface area contributed by atoms with Crippen LogP contribution in [0.25, 0.3) is 0 Å². The standard InChI is InChI=1S/Al.O.Sc.Y/q+3;-2;2*+3. The van der Waals surface area contributed by atoms with Crippen molar-refractivity contribution in [3.63, 3.8) is 0 Å². The maximum Gasteiger partial charge on any atom is 3.00 e. The Kier molecular flexibility index (Phi) is 142. The molecule has 0 fully saturated rings. The molecule has 0 rings (SSSR count). The Morgan fingerprint density at radius 2 is 1.00 bits per heavy atom. The van der Waals surface area contributed by atoms with E-state index in [-0.39, 0.29) is 81.4 Å². The first kappa shape index (κ1) is 31.8. The first-order valence-electron chi connectivity index (χ1n) is 0. The number of rotatable bonds is 0. The summed E-state index contributed by atoms with van der Waals surface area (Å²) in [5.74, 6) is 0. The molecule has 0 N–H and O–H groups in total. The van der Waals surface area contributed by atoms with E-state index >= 15 is 0 Å². The Morgan fingerprint density at radius 1 is 1.00 bits per heavy atom. The van der Waals surface area contributed by atoms with Gasteiger partial charge in [0, 0.05) is 0 Å². The van der Waals surface area contributed by atoms with Gasteiger partial charge in [0.25, 0.3) is 0 Å². The van der Waals surface area contributed by atoms with E-state index < -0.39 is 0 Å². The molecule has 0 spiro atoms. The van der Waals surface area contributed by atoms with E-state index in [0.29, 0.717) is 0 Å². The van der Waals surface area contributed by atoms with E-state index in [0.717, 1.165) is 0 Å². The molecule has 0 atom stereocenters. The van der Waals surface area contributed by atoms with Gasteiger partial charge in [0.15, 0.2) is 0 Å². The van der Waals surface area contributed by atoms with Gasteiger partial charge in [-0.3, -0.25) is 0 Å². The Morgan fingerprint density at radius 3 is 1.00 bits per heavy atom. The second-order valence-corrected chi connectivity index (χ2v) is 0. The number of hydrogen-bond donors (Lipinski definition) is 0. The fraction of sp³-hybridized carbons (Fsp3) is 0. The third kappa shape index (κ3) is 8.82. The minimum atomic E-state index is 0. The summed E-state index contributed by atoms with van der Waals surface area (Å²) in [6, 6.07) is 0. The molecule has 0 radical (unpaired) electrons. The van der Waals surface area contributed by atoms with Crippen LogP contribution < -0.4 is 0 Å². The van der Waals surface area contributed by atoms with E-state index in [2.05, 4.69) is 0 Å². The molecule has 8 valence electrons. The topological polar surface area (TPSA) is 28.5 Å². The molecule has 0 aliphatic carbocycles. The fourth-order valence-corrected chi connectivity index (χ4v) is 0. The summed E-state index contributed by atoms with van der Waals surface area (Å²) in [5.41, 5.74) is 0. The molecule has 4 heavy (non-hydrogen) atoms. The molecular formula is AlOScY+7. The van der Waals surface area contributed by atoms with Crippen molar-refractivity contribution in [2.24, 2.45) is 0 Å². The van der Waals surface area contributed by atoms with Crippen LogP contribution in [0.1, 0.15) is 0 Å². The molecule has 4 heteroatoms. The van der Waals surface area contributed by atoms with Crippen molar-refractivity contribution < 1.29 is 64.0 Å². The van der Waals surface area contributed by atoms with Crippen LogP contribution in [0.3, 0.4) is 0 Å². The Bertz CT molecular complexity index is 8.00. The Labute approximate surface area is 80.0 Å². The fourth-order valence-electron chi connectivity index (χ4n) is 0. The van der Waals surface area contributed by atoms with Crippen LogP contribution in [0.15, 0.2) is 0 Å². The van der Waals surface area contributed by atoms with Gasteiger partial charge in [-0.2, -0.15) is 0 Å². The third-order valence-electron chi connectivity index (χ3n) is 0. The van der Waals surface area contributed by atoms with Gasteiger partial charge in [0.2, 0.25) is 0 Å². The molecule has 0 unspecified atom stereocenters. The zero-order valence-corrected chi connectivity index (χ0v) is 7.94. The predicted octanol–water partition coefficient (Wildman–Crippen LogP) is -0.505. The minimum absolute atomic E-state index is 0. The van der Waals surface area contributed by atoms with E-state index in [1.54, 1.807) is 0 Å². The summed E-state index contributed by atoms with van der Waals surface area (Å²) < 4.78 is 0. The second kappa shape index (κ2) is 17.9. The van der Waals surface area contributed by atoms with Gasteiger partial charge in [0.1, 0.15) is 0 Å². The zero-order chi connectivity index (χ0) is 0. The van der Waals surface area contributed by atoms with Crippen molar-refractivity contribution in [3.05, 3.63) is 0 Å². The molecule has 0 aromatic heterocycles. The maximum atomic E-state index is 0. The van der Waals surface area contributed by atoms with E-state index in [1.807, 2.05) is 0 Å². The average Bonchev–Trinajstić information content (AvgIpc) is 0. The quantitative estimate of drug-likeness (QED) is 0.446. The molecule has 0 amide bonds. The molecule has 0 heterocycles. The molecule has 0 aromatic rings. The maximum absolute atomic E-state index is 0. The van der Waals surface area contributed by atoms with Gasteiger partial charge in [-0.05, 0) is 0 Å². The van der Waals surface area contributed by atoms with E-state index in [9.17, 15) is 0 Å². The summed E-state index contributed by atoms with van der Waals surface area (Å²) in [6.45, 7) is 0. The van der Waals surface area contributed by atoms with Crippen LogP contribution >= 0.6 is 0 Å². The number of hydrogen-bond acceptors (Lipinski definition) is 0. The summed E-state index contributed by atoms with van der Waals surface area (Å²) >= 11 is 0. The molecule has 0 saturated carbocycles. The van der Waals surface area contributed by atoms with Crippen LogP contribution in [-0.2, 0) is 64.0 Å². The predicted molar refractivity (Wildman–Crippen MR) is 6.44 cm³/mol. The summed E-state index contributed by atoms with van der Waals surface area (Å²) in [6.07, 6.45) is 0. The van der Waals surface area contributed by atoms with Crippen molar-refractivity contribution in [2.75, 3.05) is 0 Å². The van der Waals surface area contributed by atoms with Gasteiger partial charge >= 0.3 is 75.9 Å². The molecule has 0 aliphatic heterocycles. The molecule has 0 saturated heterocycles. The van der Waals surface area contributed by atoms with Crippen molar-refractivity contribution in [2.45, 2.75) is 0 Å². The van der Waals surface area contributed by atoms with Crippen LogP contribution in [0, 0.1) is 0 Å². The van der Waals surface area contributed by atoms with Gasteiger partial charge in [-0.1, -0.05) is 0 Å². The van der Waals surface area contributed by atoms with Gasteiger partial charge < -0.3 is 5.48 Å².